The average Bonchev–Trinajstić information content (AvgIpc) is 3.84. The van der Waals surface area contributed by atoms with Gasteiger partial charge in [-0.1, -0.05) is 62.9 Å². The quantitative estimate of drug-likeness (QED) is 0.172. The number of aliphatic hydroxyl groups excluding tert-OH is 1. The summed E-state index contributed by atoms with van der Waals surface area (Å²) in [6.07, 6.45) is 7.29. The Hall–Kier alpha value is -4.03. The topological polar surface area (TPSA) is 68.2 Å². The molecule has 3 aromatic rings. The first kappa shape index (κ1) is 27.5. The molecule has 0 amide bonds. The summed E-state index contributed by atoms with van der Waals surface area (Å²) in [7, 11) is 3.03. The number of hydrogen-bond acceptors (Lipinski definition) is 6. The van der Waals surface area contributed by atoms with Crippen LogP contribution in [0.15, 0.2) is 79.4 Å². The second kappa shape index (κ2) is 11.2. The first-order valence-electron chi connectivity index (χ1n) is 13.8. The van der Waals surface area contributed by atoms with Gasteiger partial charge in [0.15, 0.2) is 11.5 Å². The van der Waals surface area contributed by atoms with E-state index in [0.29, 0.717) is 23.6 Å². The number of ether oxygens (including phenoxy) is 3. The molecule has 5 rings (SSSR count). The van der Waals surface area contributed by atoms with Gasteiger partial charge in [-0.15, -0.1) is 0 Å². The Labute approximate surface area is 236 Å². The lowest BCUT2D eigenvalue weighted by atomic mass is 9.87. The van der Waals surface area contributed by atoms with Crippen LogP contribution in [0.3, 0.4) is 0 Å². The highest BCUT2D eigenvalue weighted by Gasteiger charge is 2.37. The van der Waals surface area contributed by atoms with Crippen LogP contribution in [0.5, 0.6) is 11.5 Å². The fourth-order valence-electron chi connectivity index (χ4n) is 5.27. The van der Waals surface area contributed by atoms with Gasteiger partial charge >= 0.3 is 5.97 Å². The molecule has 0 saturated heterocycles. The van der Waals surface area contributed by atoms with Gasteiger partial charge in [0, 0.05) is 35.2 Å². The van der Waals surface area contributed by atoms with Crippen molar-refractivity contribution >= 4 is 17.7 Å². The summed E-state index contributed by atoms with van der Waals surface area (Å²) in [6.45, 7) is 8.67. The molecule has 1 N–H and O–H groups in total. The lowest BCUT2D eigenvalue weighted by Crippen LogP contribution is -2.39. The summed E-state index contributed by atoms with van der Waals surface area (Å²) in [5.41, 5.74) is 4.44. The van der Waals surface area contributed by atoms with Crippen molar-refractivity contribution in [2.75, 3.05) is 19.1 Å². The Balaban J connectivity index is 1.52. The van der Waals surface area contributed by atoms with Crippen LogP contribution in [0.25, 0.3) is 17.2 Å². The zero-order chi connectivity index (χ0) is 28.4. The molecular formula is C34H37NO5. The van der Waals surface area contributed by atoms with E-state index in [-0.39, 0.29) is 17.8 Å². The van der Waals surface area contributed by atoms with Crippen LogP contribution >= 0.6 is 0 Å². The van der Waals surface area contributed by atoms with Crippen LogP contribution in [0.2, 0.25) is 0 Å². The Morgan fingerprint density at radius 3 is 2.50 bits per heavy atom. The minimum Gasteiger partial charge on any atom is -0.492 e. The van der Waals surface area contributed by atoms with Crippen molar-refractivity contribution in [3.63, 3.8) is 0 Å². The van der Waals surface area contributed by atoms with Crippen molar-refractivity contribution in [3.8, 4) is 22.6 Å². The van der Waals surface area contributed by atoms with Gasteiger partial charge in [0.25, 0.3) is 0 Å². The molecule has 1 aliphatic carbocycles. The molecule has 0 spiro atoms. The number of methoxy groups -OCH3 is 2. The number of benzene rings is 3. The van der Waals surface area contributed by atoms with Crippen LogP contribution in [0.1, 0.15) is 48.2 Å². The molecule has 1 saturated carbocycles. The molecule has 1 aliphatic heterocycles. The van der Waals surface area contributed by atoms with Gasteiger partial charge in [0.2, 0.25) is 0 Å². The summed E-state index contributed by atoms with van der Waals surface area (Å²) in [6, 6.07) is 19.5. The maximum atomic E-state index is 12.1. The Bertz CT molecular complexity index is 1440. The highest BCUT2D eigenvalue weighted by molar-refractivity contribution is 5.91. The van der Waals surface area contributed by atoms with Gasteiger partial charge in [-0.25, -0.2) is 4.79 Å². The molecule has 1 heterocycles. The summed E-state index contributed by atoms with van der Waals surface area (Å²) in [4.78, 5) is 14.1. The number of esters is 1. The molecule has 6 nitrogen and oxygen atoms in total. The summed E-state index contributed by atoms with van der Waals surface area (Å²) in [5, 5.41) is 11.4. The lowest BCUT2D eigenvalue weighted by Gasteiger charge is -2.37. The number of carbonyl (C=O) groups is 1. The minimum absolute atomic E-state index is 0.177. The van der Waals surface area contributed by atoms with Crippen molar-refractivity contribution in [1.82, 2.24) is 0 Å². The highest BCUT2D eigenvalue weighted by Crippen LogP contribution is 2.45. The van der Waals surface area contributed by atoms with Gasteiger partial charge < -0.3 is 24.2 Å². The third kappa shape index (κ3) is 5.24. The van der Waals surface area contributed by atoms with Crippen molar-refractivity contribution < 1.29 is 24.1 Å². The number of hydrogen-bond donors (Lipinski definition) is 1. The molecular weight excluding hydrogens is 502 g/mol. The Morgan fingerprint density at radius 1 is 1.12 bits per heavy atom. The van der Waals surface area contributed by atoms with Crippen molar-refractivity contribution in [3.05, 3.63) is 96.1 Å². The minimum atomic E-state index is -0.652. The van der Waals surface area contributed by atoms with Gasteiger partial charge in [-0.05, 0) is 60.4 Å². The molecule has 6 heteroatoms. The number of carbonyl (C=O) groups excluding carboxylic acids is 1. The van der Waals surface area contributed by atoms with E-state index in [0.717, 1.165) is 40.8 Å². The van der Waals surface area contributed by atoms with E-state index in [1.807, 2.05) is 65.6 Å². The van der Waals surface area contributed by atoms with Crippen molar-refractivity contribution in [2.45, 2.75) is 45.1 Å². The van der Waals surface area contributed by atoms with Crippen molar-refractivity contribution in [1.29, 1.82) is 0 Å². The van der Waals surface area contributed by atoms with E-state index in [1.165, 1.54) is 7.11 Å². The predicted octanol–water partition coefficient (Wildman–Crippen LogP) is 6.87. The number of aliphatic hydroxyl groups is 1. The third-order valence-electron chi connectivity index (χ3n) is 7.95. The molecule has 2 atom stereocenters. The lowest BCUT2D eigenvalue weighted by molar-refractivity contribution is 0.0600. The van der Waals surface area contributed by atoms with E-state index in [4.69, 9.17) is 14.2 Å². The molecule has 3 aromatic carbocycles. The Morgan fingerprint density at radius 2 is 1.85 bits per heavy atom. The van der Waals surface area contributed by atoms with Gasteiger partial charge in [0.1, 0.15) is 11.8 Å². The van der Waals surface area contributed by atoms with E-state index < -0.39 is 11.8 Å². The fraction of sp³-hybridized carbons (Fsp3) is 0.324. The molecule has 2 unspecified atom stereocenters. The molecule has 40 heavy (non-hydrogen) atoms. The number of nitrogens with zero attached hydrogens (tertiary/aromatic N) is 1. The number of rotatable bonds is 10. The highest BCUT2D eigenvalue weighted by atomic mass is 16.5. The van der Waals surface area contributed by atoms with Crippen LogP contribution < -0.4 is 14.4 Å². The second-order valence-electron chi connectivity index (χ2n) is 10.8. The maximum absolute atomic E-state index is 12.1. The van der Waals surface area contributed by atoms with Gasteiger partial charge in [-0.3, -0.25) is 0 Å². The predicted molar refractivity (Wildman–Crippen MR) is 159 cm³/mol. The normalized spacial score (nSPS) is 18.4. The first-order valence-corrected chi connectivity index (χ1v) is 13.8. The number of fused-ring (bicyclic) bond motifs is 1. The second-order valence-corrected chi connectivity index (χ2v) is 10.8. The Kier molecular flexibility index (Phi) is 7.72. The summed E-state index contributed by atoms with van der Waals surface area (Å²) in [5.74, 6) is 1.35. The van der Waals surface area contributed by atoms with Gasteiger partial charge in [-0.2, -0.15) is 0 Å². The van der Waals surface area contributed by atoms with E-state index in [2.05, 4.69) is 32.6 Å². The van der Waals surface area contributed by atoms with Crippen LogP contribution in [-0.4, -0.2) is 37.1 Å². The zero-order valence-corrected chi connectivity index (χ0v) is 23.6. The third-order valence-corrected chi connectivity index (χ3v) is 7.95. The molecule has 2 aliphatic rings. The maximum Gasteiger partial charge on any atom is 0.337 e. The van der Waals surface area contributed by atoms with E-state index in [1.54, 1.807) is 13.2 Å². The SMILES string of the molecule is C=CC1(C(C)C)C=Cc2ccc(CN(c3cccc(-c4cccc(C(=O)OC)c4)c3)C(O)C3CC3)c(OC)c2O1. The fourth-order valence-corrected chi connectivity index (χ4v) is 5.27. The van der Waals surface area contributed by atoms with Crippen molar-refractivity contribution in [2.24, 2.45) is 11.8 Å². The van der Waals surface area contributed by atoms with Crippen LogP contribution in [-0.2, 0) is 11.3 Å². The zero-order valence-electron chi connectivity index (χ0n) is 23.6. The molecule has 0 radical (unpaired) electrons. The van der Waals surface area contributed by atoms with E-state index >= 15 is 0 Å². The number of anilines is 1. The largest absolute Gasteiger partial charge is 0.492 e. The average molecular weight is 540 g/mol. The summed E-state index contributed by atoms with van der Waals surface area (Å²) < 4.78 is 17.4. The molecule has 0 aromatic heterocycles. The van der Waals surface area contributed by atoms with Crippen LogP contribution in [0, 0.1) is 11.8 Å². The first-order chi connectivity index (χ1) is 19.3. The van der Waals surface area contributed by atoms with Gasteiger partial charge in [0.05, 0.1) is 19.8 Å². The molecule has 208 valence electrons. The monoisotopic (exact) mass is 539 g/mol. The van der Waals surface area contributed by atoms with Crippen LogP contribution in [0.4, 0.5) is 5.69 Å². The standard InChI is InChI=1S/C34H37NO5/c1-6-34(22(2)3)18-17-23-13-16-28(30(38-4)31(23)40-34)21-35(32(36)24-14-15-24)29-12-8-10-26(20-29)25-9-7-11-27(19-25)33(37)39-5/h6-13,16-20,22,24,32,36H,1,14-15,21H2,2-5H3. The van der Waals surface area contributed by atoms with E-state index in [9.17, 15) is 9.90 Å². The molecule has 1 fully saturated rings. The smallest absolute Gasteiger partial charge is 0.337 e. The summed E-state index contributed by atoms with van der Waals surface area (Å²) >= 11 is 0. The molecule has 0 bridgehead atoms.